The van der Waals surface area contributed by atoms with Crippen molar-refractivity contribution in [2.24, 2.45) is 0 Å². The highest BCUT2D eigenvalue weighted by Gasteiger charge is 1.97. The molecule has 0 fully saturated rings. The average molecular weight is 263 g/mol. The van der Waals surface area contributed by atoms with Crippen molar-refractivity contribution in [3.63, 3.8) is 0 Å². The van der Waals surface area contributed by atoms with Gasteiger partial charge in [0.25, 0.3) is 0 Å². The van der Waals surface area contributed by atoms with E-state index in [1.165, 1.54) is 12.1 Å². The van der Waals surface area contributed by atoms with Gasteiger partial charge < -0.3 is 4.74 Å². The average Bonchev–Trinajstić information content (AvgIpc) is 2.25. The number of rotatable bonds is 7. The van der Waals surface area contributed by atoms with Gasteiger partial charge in [0.15, 0.2) is 0 Å². The van der Waals surface area contributed by atoms with Crippen LogP contribution in [0, 0.1) is 5.82 Å². The quantitative estimate of drug-likeness (QED) is 0.439. The van der Waals surface area contributed by atoms with Gasteiger partial charge in [-0.3, -0.25) is 0 Å². The fourth-order valence-electron chi connectivity index (χ4n) is 1.31. The largest absolute Gasteiger partial charge is 0.494 e. The topological polar surface area (TPSA) is 9.23 Å². The van der Waals surface area contributed by atoms with Gasteiger partial charge in [0.1, 0.15) is 11.6 Å². The molecule has 0 amide bonds. The summed E-state index contributed by atoms with van der Waals surface area (Å²) in [5.74, 6) is 0.472. The Morgan fingerprint density at radius 1 is 1.19 bits per heavy atom. The molecule has 1 rings (SSSR count). The molecule has 0 aliphatic carbocycles. The van der Waals surface area contributed by atoms with E-state index in [-0.39, 0.29) is 10.5 Å². The molecule has 1 atom stereocenters. The molecule has 0 spiro atoms. The lowest BCUT2D eigenvalue weighted by Crippen LogP contribution is -1.97. The van der Waals surface area contributed by atoms with Crippen molar-refractivity contribution in [3.8, 4) is 5.75 Å². The first-order valence-corrected chi connectivity index (χ1v) is 6.34. The van der Waals surface area contributed by atoms with Crippen LogP contribution in [0.2, 0.25) is 0 Å². The van der Waals surface area contributed by atoms with Crippen LogP contribution in [0.3, 0.4) is 0 Å². The molecule has 0 aromatic heterocycles. The molecular weight excluding hydrogens is 247 g/mol. The summed E-state index contributed by atoms with van der Waals surface area (Å²) in [4.78, 5) is 0. The first-order chi connectivity index (χ1) is 7.68. The molecule has 0 aliphatic rings. The molecule has 1 aromatic carbocycles. The van der Waals surface area contributed by atoms with E-state index in [1.54, 1.807) is 12.1 Å². The van der Waals surface area contributed by atoms with Gasteiger partial charge in [-0.2, -0.15) is 12.6 Å². The van der Waals surface area contributed by atoms with Crippen LogP contribution in [0.15, 0.2) is 24.3 Å². The Bertz CT molecular complexity index is 290. The van der Waals surface area contributed by atoms with Crippen LogP contribution >= 0.6 is 24.2 Å². The Balaban J connectivity index is 2.05. The minimum Gasteiger partial charge on any atom is -0.494 e. The number of alkyl halides is 1. The summed E-state index contributed by atoms with van der Waals surface area (Å²) in [5.41, 5.74) is 0. The second kappa shape index (κ2) is 7.80. The molecule has 0 bridgehead atoms. The minimum absolute atomic E-state index is 0.0435. The zero-order valence-corrected chi connectivity index (χ0v) is 10.7. The number of ether oxygens (including phenoxy) is 1. The van der Waals surface area contributed by atoms with E-state index < -0.39 is 0 Å². The maximum atomic E-state index is 12.6. The lowest BCUT2D eigenvalue weighted by Gasteiger charge is -2.06. The fraction of sp³-hybridized carbons (Fsp3) is 0.500. The molecule has 0 saturated carbocycles. The second-order valence-electron chi connectivity index (χ2n) is 3.59. The van der Waals surface area contributed by atoms with Crippen LogP contribution in [0.4, 0.5) is 4.39 Å². The molecule has 0 radical (unpaired) electrons. The molecule has 4 heteroatoms. The van der Waals surface area contributed by atoms with Crippen LogP contribution in [0.25, 0.3) is 0 Å². The predicted octanol–water partition coefficient (Wildman–Crippen LogP) is 4.26. The lowest BCUT2D eigenvalue weighted by atomic mass is 10.2. The summed E-state index contributed by atoms with van der Waals surface area (Å²) in [6.45, 7) is 0.658. The number of halogens is 2. The Morgan fingerprint density at radius 3 is 2.50 bits per heavy atom. The SMILES string of the molecule is Fc1ccc(OCCCCCC(S)Cl)cc1. The first-order valence-electron chi connectivity index (χ1n) is 5.39. The third-order valence-electron chi connectivity index (χ3n) is 2.17. The molecule has 1 aromatic rings. The predicted molar refractivity (Wildman–Crippen MR) is 69.0 cm³/mol. The number of benzene rings is 1. The van der Waals surface area contributed by atoms with Crippen LogP contribution in [-0.4, -0.2) is 11.3 Å². The second-order valence-corrected chi connectivity index (χ2v) is 5.04. The molecule has 0 aliphatic heterocycles. The lowest BCUT2D eigenvalue weighted by molar-refractivity contribution is 0.304. The van der Waals surface area contributed by atoms with Crippen LogP contribution in [-0.2, 0) is 0 Å². The van der Waals surface area contributed by atoms with Gasteiger partial charge in [0.05, 0.1) is 11.3 Å². The van der Waals surface area contributed by atoms with Crippen molar-refractivity contribution in [3.05, 3.63) is 30.1 Å². The summed E-state index contributed by atoms with van der Waals surface area (Å²) in [6, 6.07) is 6.07. The number of unbranched alkanes of at least 4 members (excludes halogenated alkanes) is 2. The maximum Gasteiger partial charge on any atom is 0.123 e. The third-order valence-corrected chi connectivity index (χ3v) is 2.65. The fourth-order valence-corrected chi connectivity index (χ4v) is 1.65. The van der Waals surface area contributed by atoms with E-state index in [1.807, 2.05) is 0 Å². The van der Waals surface area contributed by atoms with Crippen molar-refractivity contribution in [2.75, 3.05) is 6.61 Å². The van der Waals surface area contributed by atoms with E-state index in [4.69, 9.17) is 16.3 Å². The zero-order chi connectivity index (χ0) is 11.8. The van der Waals surface area contributed by atoms with Gasteiger partial charge in [-0.05, 0) is 43.5 Å². The number of hydrogen-bond donors (Lipinski definition) is 1. The Hall–Kier alpha value is -0.410. The van der Waals surface area contributed by atoms with E-state index in [0.717, 1.165) is 25.7 Å². The summed E-state index contributed by atoms with van der Waals surface area (Å²) < 4.78 is 18.0. The summed E-state index contributed by atoms with van der Waals surface area (Å²) >= 11 is 9.79. The number of hydrogen-bond acceptors (Lipinski definition) is 2. The molecule has 1 nitrogen and oxygen atoms in total. The van der Waals surface area contributed by atoms with Gasteiger partial charge in [0, 0.05) is 0 Å². The molecule has 0 saturated heterocycles. The summed E-state index contributed by atoms with van der Waals surface area (Å²) in [6.07, 6.45) is 4.03. The minimum atomic E-state index is -0.241. The smallest absolute Gasteiger partial charge is 0.123 e. The van der Waals surface area contributed by atoms with Gasteiger partial charge >= 0.3 is 0 Å². The van der Waals surface area contributed by atoms with Crippen LogP contribution in [0.5, 0.6) is 5.75 Å². The van der Waals surface area contributed by atoms with Gasteiger partial charge in [0.2, 0.25) is 0 Å². The third kappa shape index (κ3) is 6.23. The Morgan fingerprint density at radius 2 is 1.88 bits per heavy atom. The summed E-state index contributed by atoms with van der Waals surface area (Å²) in [5, 5.41) is 0. The number of thiol groups is 1. The van der Waals surface area contributed by atoms with Crippen molar-refractivity contribution in [2.45, 2.75) is 30.4 Å². The first kappa shape index (κ1) is 13.7. The zero-order valence-electron chi connectivity index (χ0n) is 9.03. The normalized spacial score (nSPS) is 12.4. The van der Waals surface area contributed by atoms with E-state index in [0.29, 0.717) is 12.4 Å². The maximum absolute atomic E-state index is 12.6. The van der Waals surface area contributed by atoms with Gasteiger partial charge in [-0.25, -0.2) is 4.39 Å². The Kier molecular flexibility index (Phi) is 6.65. The van der Waals surface area contributed by atoms with E-state index in [2.05, 4.69) is 12.6 Å². The van der Waals surface area contributed by atoms with E-state index >= 15 is 0 Å². The summed E-state index contributed by atoms with van der Waals surface area (Å²) in [7, 11) is 0. The monoisotopic (exact) mass is 262 g/mol. The molecule has 0 heterocycles. The van der Waals surface area contributed by atoms with Crippen LogP contribution < -0.4 is 4.74 Å². The highest BCUT2D eigenvalue weighted by atomic mass is 35.5. The Labute approximate surface area is 106 Å². The highest BCUT2D eigenvalue weighted by molar-refractivity contribution is 7.82. The molecule has 1 unspecified atom stereocenters. The van der Waals surface area contributed by atoms with Crippen molar-refractivity contribution in [1.82, 2.24) is 0 Å². The molecule has 90 valence electrons. The molecule has 16 heavy (non-hydrogen) atoms. The van der Waals surface area contributed by atoms with Crippen molar-refractivity contribution in [1.29, 1.82) is 0 Å². The molecular formula is C12H16ClFOS. The van der Waals surface area contributed by atoms with E-state index in [9.17, 15) is 4.39 Å². The molecule has 0 N–H and O–H groups in total. The van der Waals surface area contributed by atoms with Gasteiger partial charge in [-0.15, -0.1) is 11.6 Å². The highest BCUT2D eigenvalue weighted by Crippen LogP contribution is 2.14. The van der Waals surface area contributed by atoms with Crippen molar-refractivity contribution < 1.29 is 9.13 Å². The van der Waals surface area contributed by atoms with Crippen molar-refractivity contribution >= 4 is 24.2 Å². The standard InChI is InChI=1S/C12H16ClFOS/c13-12(16)4-2-1-3-9-15-11-7-5-10(14)6-8-11/h5-8,12,16H,1-4,9H2. The van der Waals surface area contributed by atoms with Gasteiger partial charge in [-0.1, -0.05) is 6.42 Å². The van der Waals surface area contributed by atoms with Crippen LogP contribution in [0.1, 0.15) is 25.7 Å².